The van der Waals surface area contributed by atoms with Gasteiger partial charge in [0.05, 0.1) is 15.6 Å². The van der Waals surface area contributed by atoms with Crippen molar-refractivity contribution in [1.29, 1.82) is 0 Å². The summed E-state index contributed by atoms with van der Waals surface area (Å²) in [4.78, 5) is 20.6. The molecule has 96 valence electrons. The van der Waals surface area contributed by atoms with Crippen LogP contribution in [0.5, 0.6) is 0 Å². The minimum atomic E-state index is -1.59. The third-order valence-electron chi connectivity index (χ3n) is 2.18. The number of rotatable bonds is 5. The number of nitrogens with zero attached hydrogens (tertiary/aromatic N) is 1. The van der Waals surface area contributed by atoms with E-state index < -0.39 is 16.6 Å². The second kappa shape index (κ2) is 6.02. The van der Waals surface area contributed by atoms with Gasteiger partial charge in [-0.25, -0.2) is 4.79 Å². The molecule has 0 radical (unpaired) electrons. The number of halogens is 1. The van der Waals surface area contributed by atoms with Crippen LogP contribution in [0.2, 0.25) is 5.02 Å². The average Bonchev–Trinajstić information content (AvgIpc) is 2.29. The monoisotopic (exact) mass is 270 g/mol. The van der Waals surface area contributed by atoms with Crippen molar-refractivity contribution in [1.82, 2.24) is 0 Å². The van der Waals surface area contributed by atoms with E-state index in [-0.39, 0.29) is 12.1 Å². The molecule has 0 amide bonds. The van der Waals surface area contributed by atoms with Crippen molar-refractivity contribution in [3.63, 3.8) is 0 Å². The SMILES string of the molecule is CC/C(Nc1ccccc1Cl)=C(/C(=O)O)[N+](=O)[O-]. The van der Waals surface area contributed by atoms with Crippen LogP contribution in [0.4, 0.5) is 5.69 Å². The summed E-state index contributed by atoms with van der Waals surface area (Å²) in [6.45, 7) is 1.62. The van der Waals surface area contributed by atoms with Crippen molar-refractivity contribution in [2.75, 3.05) is 5.32 Å². The Morgan fingerprint density at radius 1 is 1.50 bits per heavy atom. The first kappa shape index (κ1) is 14.0. The number of nitro groups is 1. The fourth-order valence-electron chi connectivity index (χ4n) is 1.36. The summed E-state index contributed by atoms with van der Waals surface area (Å²) in [5.74, 6) is -1.59. The van der Waals surface area contributed by atoms with Crippen LogP contribution in [0.15, 0.2) is 35.7 Å². The lowest BCUT2D eigenvalue weighted by Crippen LogP contribution is -2.17. The van der Waals surface area contributed by atoms with Gasteiger partial charge >= 0.3 is 11.7 Å². The molecule has 2 N–H and O–H groups in total. The molecule has 0 unspecified atom stereocenters. The van der Waals surface area contributed by atoms with Crippen LogP contribution in [0, 0.1) is 10.1 Å². The maximum Gasteiger partial charge on any atom is 0.409 e. The van der Waals surface area contributed by atoms with E-state index >= 15 is 0 Å². The van der Waals surface area contributed by atoms with Crippen molar-refractivity contribution in [2.24, 2.45) is 0 Å². The van der Waals surface area contributed by atoms with E-state index in [0.29, 0.717) is 10.7 Å². The highest BCUT2D eigenvalue weighted by Gasteiger charge is 2.26. The second-order valence-corrected chi connectivity index (χ2v) is 3.76. The number of nitrogens with one attached hydrogen (secondary N) is 1. The van der Waals surface area contributed by atoms with Gasteiger partial charge in [-0.05, 0) is 18.6 Å². The van der Waals surface area contributed by atoms with Crippen LogP contribution in [0.1, 0.15) is 13.3 Å². The zero-order valence-corrected chi connectivity index (χ0v) is 10.3. The fourth-order valence-corrected chi connectivity index (χ4v) is 1.54. The van der Waals surface area contributed by atoms with Crippen molar-refractivity contribution in [2.45, 2.75) is 13.3 Å². The molecule has 0 aromatic heterocycles. The van der Waals surface area contributed by atoms with Gasteiger partial charge in [0.2, 0.25) is 0 Å². The van der Waals surface area contributed by atoms with Gasteiger partial charge in [0.1, 0.15) is 5.70 Å². The molecule has 0 aliphatic rings. The zero-order chi connectivity index (χ0) is 13.7. The minimum Gasteiger partial charge on any atom is -0.473 e. The molecule has 0 aliphatic carbocycles. The maximum absolute atomic E-state index is 10.8. The van der Waals surface area contributed by atoms with Gasteiger partial charge in [-0.3, -0.25) is 10.1 Å². The predicted molar refractivity (Wildman–Crippen MR) is 67.0 cm³/mol. The van der Waals surface area contributed by atoms with Gasteiger partial charge in [0, 0.05) is 0 Å². The zero-order valence-electron chi connectivity index (χ0n) is 9.51. The number of aliphatic carboxylic acids is 1. The highest BCUT2D eigenvalue weighted by Crippen LogP contribution is 2.24. The number of hydrogen-bond acceptors (Lipinski definition) is 4. The molecule has 0 aliphatic heterocycles. The summed E-state index contributed by atoms with van der Waals surface area (Å²) in [5, 5.41) is 22.6. The van der Waals surface area contributed by atoms with E-state index in [2.05, 4.69) is 5.32 Å². The summed E-state index contributed by atoms with van der Waals surface area (Å²) in [5.41, 5.74) is -0.449. The lowest BCUT2D eigenvalue weighted by Gasteiger charge is -2.10. The van der Waals surface area contributed by atoms with Crippen molar-refractivity contribution in [3.05, 3.63) is 50.8 Å². The molecule has 1 rings (SSSR count). The van der Waals surface area contributed by atoms with E-state index in [4.69, 9.17) is 16.7 Å². The first-order valence-corrected chi connectivity index (χ1v) is 5.47. The lowest BCUT2D eigenvalue weighted by molar-refractivity contribution is -0.422. The highest BCUT2D eigenvalue weighted by atomic mass is 35.5. The van der Waals surface area contributed by atoms with Crippen LogP contribution in [0.3, 0.4) is 0 Å². The summed E-state index contributed by atoms with van der Waals surface area (Å²) >= 11 is 5.89. The summed E-state index contributed by atoms with van der Waals surface area (Å²) in [6.07, 6.45) is 0.174. The molecule has 6 nitrogen and oxygen atoms in total. The number of benzene rings is 1. The quantitative estimate of drug-likeness (QED) is 0.487. The molecule has 0 fully saturated rings. The van der Waals surface area contributed by atoms with E-state index in [9.17, 15) is 14.9 Å². The second-order valence-electron chi connectivity index (χ2n) is 3.35. The number of anilines is 1. The molecule has 18 heavy (non-hydrogen) atoms. The van der Waals surface area contributed by atoms with Crippen LogP contribution >= 0.6 is 11.6 Å². The van der Waals surface area contributed by atoms with Gasteiger partial charge < -0.3 is 10.4 Å². The van der Waals surface area contributed by atoms with Gasteiger partial charge in [0.15, 0.2) is 0 Å². The Balaban J connectivity index is 3.18. The number of carbonyl (C=O) groups is 1. The van der Waals surface area contributed by atoms with Crippen LogP contribution in [-0.4, -0.2) is 16.0 Å². The smallest absolute Gasteiger partial charge is 0.409 e. The Labute approximate surface area is 108 Å². The van der Waals surface area contributed by atoms with Crippen molar-refractivity contribution in [3.8, 4) is 0 Å². The molecule has 7 heteroatoms. The Morgan fingerprint density at radius 3 is 2.56 bits per heavy atom. The highest BCUT2D eigenvalue weighted by molar-refractivity contribution is 6.33. The van der Waals surface area contributed by atoms with Gasteiger partial charge in [-0.2, -0.15) is 0 Å². The molecule has 0 atom stereocenters. The van der Waals surface area contributed by atoms with Crippen LogP contribution in [-0.2, 0) is 4.79 Å². The molecule has 0 heterocycles. The van der Waals surface area contributed by atoms with E-state index in [1.54, 1.807) is 31.2 Å². The fraction of sp³-hybridized carbons (Fsp3) is 0.182. The standard InChI is InChI=1S/C11H11ClN2O4/c1-2-8(10(11(15)16)14(17)18)13-9-6-4-3-5-7(9)12/h3-6,13H,2H2,1H3,(H,15,16)/b10-8+. The van der Waals surface area contributed by atoms with E-state index in [1.165, 1.54) is 0 Å². The van der Waals surface area contributed by atoms with Gasteiger partial charge in [-0.15, -0.1) is 0 Å². The van der Waals surface area contributed by atoms with Crippen LogP contribution in [0.25, 0.3) is 0 Å². The normalized spacial score (nSPS) is 11.7. The van der Waals surface area contributed by atoms with E-state index in [0.717, 1.165) is 0 Å². The number of carboxylic acids is 1. The van der Waals surface area contributed by atoms with Crippen molar-refractivity contribution < 1.29 is 14.8 Å². The Bertz CT molecular complexity index is 498. The Morgan fingerprint density at radius 2 is 2.11 bits per heavy atom. The third-order valence-corrected chi connectivity index (χ3v) is 2.51. The Kier molecular flexibility index (Phi) is 4.67. The minimum absolute atomic E-state index is 0.000556. The molecular formula is C11H11ClN2O4. The number of carboxylic acid groups (broad SMARTS) is 1. The third kappa shape index (κ3) is 3.21. The number of allylic oxidation sites excluding steroid dienone is 1. The first-order chi connectivity index (χ1) is 8.47. The van der Waals surface area contributed by atoms with Crippen molar-refractivity contribution >= 4 is 23.3 Å². The summed E-state index contributed by atoms with van der Waals surface area (Å²) in [7, 11) is 0. The maximum atomic E-state index is 10.8. The molecule has 0 saturated carbocycles. The summed E-state index contributed by atoms with van der Waals surface area (Å²) in [6, 6.07) is 6.60. The lowest BCUT2D eigenvalue weighted by atomic mass is 10.2. The number of hydrogen-bond donors (Lipinski definition) is 2. The molecule has 0 saturated heterocycles. The van der Waals surface area contributed by atoms with Crippen LogP contribution < -0.4 is 5.32 Å². The topological polar surface area (TPSA) is 92.5 Å². The van der Waals surface area contributed by atoms with Gasteiger partial charge in [-0.1, -0.05) is 30.7 Å². The molecule has 0 spiro atoms. The number of para-hydroxylation sites is 1. The Hall–Kier alpha value is -2.08. The molecule has 0 bridgehead atoms. The first-order valence-electron chi connectivity index (χ1n) is 5.09. The predicted octanol–water partition coefficient (Wildman–Crippen LogP) is 2.73. The largest absolute Gasteiger partial charge is 0.473 e. The summed E-state index contributed by atoms with van der Waals surface area (Å²) < 4.78 is 0. The molecule has 1 aromatic rings. The average molecular weight is 271 g/mol. The molecular weight excluding hydrogens is 260 g/mol. The van der Waals surface area contributed by atoms with Gasteiger partial charge in [0.25, 0.3) is 0 Å². The van der Waals surface area contributed by atoms with E-state index in [1.807, 2.05) is 0 Å². The molecule has 1 aromatic carbocycles.